The molecule has 0 heterocycles. The summed E-state index contributed by atoms with van der Waals surface area (Å²) in [5, 5.41) is 37.2. The Labute approximate surface area is 96.6 Å². The smallest absolute Gasteiger partial charge is 0.450 e. The minimum atomic E-state index is -1.49. The Morgan fingerprint density at radius 2 is 1.29 bits per heavy atom. The summed E-state index contributed by atoms with van der Waals surface area (Å²) in [5.74, 6) is 0. The Bertz CT molecular complexity index is 222. The van der Waals surface area contributed by atoms with E-state index in [-0.39, 0.29) is 26.3 Å². The van der Waals surface area contributed by atoms with E-state index in [0.29, 0.717) is 0 Å². The molecule has 100 valence electrons. The Morgan fingerprint density at radius 3 is 1.59 bits per heavy atom. The fourth-order valence-corrected chi connectivity index (χ4v) is 0.869. The Morgan fingerprint density at radius 1 is 0.941 bits per heavy atom. The molecule has 9 heteroatoms. The van der Waals surface area contributed by atoms with Crippen LogP contribution in [0.5, 0.6) is 0 Å². The van der Waals surface area contributed by atoms with Gasteiger partial charge in [0.15, 0.2) is 0 Å². The van der Waals surface area contributed by atoms with Crippen LogP contribution in [0.3, 0.4) is 0 Å². The lowest BCUT2D eigenvalue weighted by atomic mass is 10.3. The van der Waals surface area contributed by atoms with Crippen LogP contribution in [-0.2, 0) is 9.47 Å². The van der Waals surface area contributed by atoms with Crippen molar-refractivity contribution in [2.75, 3.05) is 26.3 Å². The summed E-state index contributed by atoms with van der Waals surface area (Å²) in [7, 11) is 0. The van der Waals surface area contributed by atoms with Gasteiger partial charge in [-0.1, -0.05) is 0 Å². The summed E-state index contributed by atoms with van der Waals surface area (Å²) in [6, 6.07) is 0. The van der Waals surface area contributed by atoms with Crippen LogP contribution in [0.25, 0.3) is 0 Å². The molecule has 0 spiro atoms. The molecule has 0 aromatic carbocycles. The predicted octanol–water partition coefficient (Wildman–Crippen LogP) is -1.31. The van der Waals surface area contributed by atoms with Gasteiger partial charge in [0.1, 0.15) is 25.4 Å². The highest BCUT2D eigenvalue weighted by Gasteiger charge is 2.10. The molecule has 0 saturated carbocycles. The summed E-state index contributed by atoms with van der Waals surface area (Å²) in [5.41, 5.74) is 0. The lowest BCUT2D eigenvalue weighted by Crippen LogP contribution is -2.37. The number of hydrogen-bond acceptors (Lipinski definition) is 7. The number of aliphatic hydroxyl groups is 2. The second-order valence-corrected chi connectivity index (χ2v) is 3.12. The fraction of sp³-hybridized carbons (Fsp3) is 0.750. The van der Waals surface area contributed by atoms with E-state index < -0.39 is 24.5 Å². The van der Waals surface area contributed by atoms with Gasteiger partial charge >= 0.3 is 12.3 Å². The van der Waals surface area contributed by atoms with Gasteiger partial charge in [0.2, 0.25) is 0 Å². The molecule has 9 nitrogen and oxygen atoms in total. The number of carboxylic acid groups (broad SMARTS) is 2. The van der Waals surface area contributed by atoms with E-state index in [4.69, 9.17) is 10.2 Å². The van der Waals surface area contributed by atoms with Crippen LogP contribution in [0.4, 0.5) is 9.59 Å². The molecular formula is C8H15NO8. The molecule has 0 aromatic heterocycles. The van der Waals surface area contributed by atoms with E-state index in [1.165, 1.54) is 0 Å². The van der Waals surface area contributed by atoms with Gasteiger partial charge in [-0.05, 0) is 0 Å². The molecule has 0 aromatic rings. The van der Waals surface area contributed by atoms with Gasteiger partial charge in [-0.2, -0.15) is 0 Å². The maximum atomic E-state index is 9.97. The number of hydrogen-bond donors (Lipinski definition) is 5. The van der Waals surface area contributed by atoms with Crippen LogP contribution in [0.1, 0.15) is 0 Å². The molecule has 0 amide bonds. The maximum Gasteiger partial charge on any atom is 0.505 e. The van der Waals surface area contributed by atoms with Gasteiger partial charge in [0.05, 0.1) is 0 Å². The Balaban J connectivity index is 3.48. The van der Waals surface area contributed by atoms with Crippen molar-refractivity contribution in [3.63, 3.8) is 0 Å². The SMILES string of the molecule is O=C(O)OCC(O)CNCC(O)COC(=O)O. The van der Waals surface area contributed by atoms with Crippen LogP contribution in [-0.4, -0.2) is 71.2 Å². The third-order valence-corrected chi connectivity index (χ3v) is 1.56. The van der Waals surface area contributed by atoms with Crippen molar-refractivity contribution in [2.45, 2.75) is 12.2 Å². The first kappa shape index (κ1) is 15.4. The van der Waals surface area contributed by atoms with Crippen LogP contribution >= 0.6 is 0 Å². The number of ether oxygens (including phenoxy) is 2. The second kappa shape index (κ2) is 8.56. The van der Waals surface area contributed by atoms with Crippen molar-refractivity contribution < 1.29 is 39.5 Å². The minimum absolute atomic E-state index is 0.00257. The third-order valence-electron chi connectivity index (χ3n) is 1.56. The summed E-state index contributed by atoms with van der Waals surface area (Å²) < 4.78 is 8.20. The molecular weight excluding hydrogens is 238 g/mol. The number of nitrogens with one attached hydrogen (secondary N) is 1. The van der Waals surface area contributed by atoms with Crippen molar-refractivity contribution in [1.29, 1.82) is 0 Å². The molecule has 0 fully saturated rings. The average molecular weight is 253 g/mol. The second-order valence-electron chi connectivity index (χ2n) is 3.12. The quantitative estimate of drug-likeness (QED) is 0.332. The fourth-order valence-electron chi connectivity index (χ4n) is 0.869. The monoisotopic (exact) mass is 253 g/mol. The first-order valence-electron chi connectivity index (χ1n) is 4.70. The standard InChI is InChI=1S/C8H15NO8/c10-5(3-16-7(12)13)1-9-2-6(11)4-17-8(14)15/h5-6,9-11H,1-4H2,(H,12,13)(H,14,15). The molecule has 0 aliphatic rings. The molecule has 2 unspecified atom stereocenters. The highest BCUT2D eigenvalue weighted by Crippen LogP contribution is 1.87. The van der Waals surface area contributed by atoms with Gasteiger partial charge in [-0.3, -0.25) is 0 Å². The number of carbonyl (C=O) groups is 2. The molecule has 0 bridgehead atoms. The van der Waals surface area contributed by atoms with Gasteiger partial charge in [-0.25, -0.2) is 9.59 Å². The lowest BCUT2D eigenvalue weighted by molar-refractivity contribution is 0.0299. The van der Waals surface area contributed by atoms with Crippen LogP contribution in [0, 0.1) is 0 Å². The summed E-state index contributed by atoms with van der Waals surface area (Å²) in [6.07, 6.45) is -5.06. The molecule has 2 atom stereocenters. The molecule has 5 N–H and O–H groups in total. The minimum Gasteiger partial charge on any atom is -0.450 e. The van der Waals surface area contributed by atoms with Crippen LogP contribution in [0.2, 0.25) is 0 Å². The van der Waals surface area contributed by atoms with Gasteiger partial charge in [0, 0.05) is 13.1 Å². The van der Waals surface area contributed by atoms with Crippen molar-refractivity contribution in [3.05, 3.63) is 0 Å². The predicted molar refractivity (Wildman–Crippen MR) is 52.8 cm³/mol. The van der Waals surface area contributed by atoms with Crippen molar-refractivity contribution >= 4 is 12.3 Å². The van der Waals surface area contributed by atoms with E-state index in [1.54, 1.807) is 0 Å². The van der Waals surface area contributed by atoms with Gasteiger partial charge in [0.25, 0.3) is 0 Å². The Hall–Kier alpha value is -1.58. The highest BCUT2D eigenvalue weighted by atomic mass is 16.7. The zero-order chi connectivity index (χ0) is 13.3. The molecule has 17 heavy (non-hydrogen) atoms. The van der Waals surface area contributed by atoms with Gasteiger partial charge in [-0.15, -0.1) is 0 Å². The zero-order valence-corrected chi connectivity index (χ0v) is 8.90. The number of aliphatic hydroxyl groups excluding tert-OH is 2. The number of rotatable bonds is 8. The van der Waals surface area contributed by atoms with E-state index in [0.717, 1.165) is 0 Å². The van der Waals surface area contributed by atoms with E-state index in [2.05, 4.69) is 14.8 Å². The van der Waals surface area contributed by atoms with Crippen LogP contribution in [0.15, 0.2) is 0 Å². The molecule has 0 aliphatic carbocycles. The molecule has 0 aliphatic heterocycles. The normalized spacial score (nSPS) is 13.8. The molecule has 0 radical (unpaired) electrons. The maximum absolute atomic E-state index is 9.97. The summed E-state index contributed by atoms with van der Waals surface area (Å²) in [4.78, 5) is 19.9. The largest absolute Gasteiger partial charge is 0.505 e. The van der Waals surface area contributed by atoms with Gasteiger partial charge < -0.3 is 35.2 Å². The molecule has 0 saturated heterocycles. The van der Waals surface area contributed by atoms with E-state index in [9.17, 15) is 19.8 Å². The Kier molecular flexibility index (Phi) is 7.76. The van der Waals surface area contributed by atoms with Crippen molar-refractivity contribution in [3.8, 4) is 0 Å². The molecule has 0 rings (SSSR count). The topological polar surface area (TPSA) is 146 Å². The summed E-state index contributed by atoms with van der Waals surface area (Å²) in [6.45, 7) is -0.775. The van der Waals surface area contributed by atoms with E-state index >= 15 is 0 Å². The highest BCUT2D eigenvalue weighted by molar-refractivity contribution is 5.57. The first-order chi connectivity index (χ1) is 7.91. The zero-order valence-electron chi connectivity index (χ0n) is 8.90. The summed E-state index contributed by atoms with van der Waals surface area (Å²) >= 11 is 0. The van der Waals surface area contributed by atoms with Crippen molar-refractivity contribution in [1.82, 2.24) is 5.32 Å². The average Bonchev–Trinajstić information content (AvgIpc) is 2.23. The third kappa shape index (κ3) is 10.7. The van der Waals surface area contributed by atoms with E-state index in [1.807, 2.05) is 0 Å². The van der Waals surface area contributed by atoms with Crippen LogP contribution < -0.4 is 5.32 Å². The first-order valence-corrected chi connectivity index (χ1v) is 4.70. The lowest BCUT2D eigenvalue weighted by Gasteiger charge is -2.13. The van der Waals surface area contributed by atoms with Crippen molar-refractivity contribution in [2.24, 2.45) is 0 Å².